The minimum absolute atomic E-state index is 0.199. The fourth-order valence-electron chi connectivity index (χ4n) is 2.33. The predicted octanol–water partition coefficient (Wildman–Crippen LogP) is 2.12. The van der Waals surface area contributed by atoms with E-state index in [-0.39, 0.29) is 5.78 Å². The normalized spacial score (nSPS) is 19.8. The van der Waals surface area contributed by atoms with Crippen molar-refractivity contribution in [2.45, 2.75) is 45.1 Å². The van der Waals surface area contributed by atoms with Crippen molar-refractivity contribution in [2.75, 3.05) is 6.61 Å². The monoisotopic (exact) mass is 236 g/mol. The molecule has 4 nitrogen and oxygen atoms in total. The summed E-state index contributed by atoms with van der Waals surface area (Å²) in [7, 11) is 1.86. The van der Waals surface area contributed by atoms with Crippen LogP contribution in [0.3, 0.4) is 0 Å². The molecular formula is C13H20N2O2. The largest absolute Gasteiger partial charge is 0.378 e. The molecule has 4 heteroatoms. The van der Waals surface area contributed by atoms with Gasteiger partial charge in [-0.3, -0.25) is 9.48 Å². The smallest absolute Gasteiger partial charge is 0.166 e. The molecular weight excluding hydrogens is 216 g/mol. The molecule has 0 amide bonds. The Hall–Kier alpha value is -1.16. The molecule has 0 bridgehead atoms. The lowest BCUT2D eigenvalue weighted by atomic mass is 10.0. The van der Waals surface area contributed by atoms with Crippen molar-refractivity contribution in [1.82, 2.24) is 9.78 Å². The summed E-state index contributed by atoms with van der Waals surface area (Å²) in [5.74, 6) is 0.199. The van der Waals surface area contributed by atoms with Gasteiger partial charge in [0, 0.05) is 26.3 Å². The summed E-state index contributed by atoms with van der Waals surface area (Å²) in [5, 5.41) is 4.29. The molecule has 1 aliphatic rings. The van der Waals surface area contributed by atoms with Gasteiger partial charge >= 0.3 is 0 Å². The number of ketones is 1. The van der Waals surface area contributed by atoms with Crippen LogP contribution in [-0.2, 0) is 18.2 Å². The molecule has 0 spiro atoms. The number of nitrogens with zero attached hydrogens (tertiary/aromatic N) is 2. The summed E-state index contributed by atoms with van der Waals surface area (Å²) < 4.78 is 7.25. The van der Waals surface area contributed by atoms with E-state index >= 15 is 0 Å². The first kappa shape index (κ1) is 12.3. The van der Waals surface area contributed by atoms with Gasteiger partial charge in [0.2, 0.25) is 0 Å². The second-order valence-corrected chi connectivity index (χ2v) is 4.61. The number of hydrogen-bond acceptors (Lipinski definition) is 3. The van der Waals surface area contributed by atoms with Crippen LogP contribution in [0.4, 0.5) is 0 Å². The number of aryl methyl sites for hydroxylation is 2. The summed E-state index contributed by atoms with van der Waals surface area (Å²) in [4.78, 5) is 12.1. The molecule has 1 fully saturated rings. The molecule has 1 saturated heterocycles. The van der Waals surface area contributed by atoms with Crippen molar-refractivity contribution in [1.29, 1.82) is 0 Å². The van der Waals surface area contributed by atoms with Crippen LogP contribution in [0.5, 0.6) is 0 Å². The molecule has 17 heavy (non-hydrogen) atoms. The van der Waals surface area contributed by atoms with Crippen LogP contribution in [0.15, 0.2) is 6.20 Å². The Bertz CT molecular complexity index is 392. The number of aromatic nitrogens is 2. The first-order valence-electron chi connectivity index (χ1n) is 6.38. The topological polar surface area (TPSA) is 44.1 Å². The Morgan fingerprint density at radius 2 is 2.47 bits per heavy atom. The van der Waals surface area contributed by atoms with Gasteiger partial charge in [-0.2, -0.15) is 5.10 Å². The van der Waals surface area contributed by atoms with E-state index in [0.717, 1.165) is 43.5 Å². The SMILES string of the molecule is CCc1nn(C)cc1C(=O)CCC1CCCO1. The minimum Gasteiger partial charge on any atom is -0.378 e. The van der Waals surface area contributed by atoms with E-state index in [9.17, 15) is 4.79 Å². The number of rotatable bonds is 5. The minimum atomic E-state index is 0.199. The molecule has 0 radical (unpaired) electrons. The Balaban J connectivity index is 1.93. The van der Waals surface area contributed by atoms with Crippen molar-refractivity contribution >= 4 is 5.78 Å². The van der Waals surface area contributed by atoms with Gasteiger partial charge in [-0.15, -0.1) is 0 Å². The van der Waals surface area contributed by atoms with E-state index in [0.29, 0.717) is 12.5 Å². The van der Waals surface area contributed by atoms with Gasteiger partial charge in [0.25, 0.3) is 0 Å². The van der Waals surface area contributed by atoms with E-state index in [2.05, 4.69) is 5.10 Å². The number of carbonyl (C=O) groups excluding carboxylic acids is 1. The quantitative estimate of drug-likeness (QED) is 0.736. The standard InChI is InChI=1S/C13H20N2O2/c1-3-12-11(9-15(2)14-12)13(16)7-6-10-5-4-8-17-10/h9-10H,3-8H2,1-2H3. The maximum absolute atomic E-state index is 12.1. The molecule has 1 aliphatic heterocycles. The van der Waals surface area contributed by atoms with Crippen LogP contribution >= 0.6 is 0 Å². The molecule has 94 valence electrons. The first-order valence-corrected chi connectivity index (χ1v) is 6.38. The highest BCUT2D eigenvalue weighted by molar-refractivity contribution is 5.96. The Labute approximate surface area is 102 Å². The molecule has 0 aromatic carbocycles. The molecule has 1 aromatic heterocycles. The van der Waals surface area contributed by atoms with Crippen LogP contribution in [0, 0.1) is 0 Å². The Kier molecular flexibility index (Phi) is 3.94. The fraction of sp³-hybridized carbons (Fsp3) is 0.692. The third-order valence-corrected chi connectivity index (χ3v) is 3.26. The summed E-state index contributed by atoms with van der Waals surface area (Å²) in [5.41, 5.74) is 1.69. The van der Waals surface area contributed by atoms with Crippen LogP contribution in [0.2, 0.25) is 0 Å². The van der Waals surface area contributed by atoms with Crippen molar-refractivity contribution in [3.8, 4) is 0 Å². The van der Waals surface area contributed by atoms with Crippen LogP contribution in [0.25, 0.3) is 0 Å². The van der Waals surface area contributed by atoms with Gasteiger partial charge in [0.15, 0.2) is 5.78 Å². The Morgan fingerprint density at radius 1 is 1.65 bits per heavy atom. The highest BCUT2D eigenvalue weighted by Crippen LogP contribution is 2.19. The number of Topliss-reactive ketones (excluding diaryl/α,β-unsaturated/α-hetero) is 1. The highest BCUT2D eigenvalue weighted by Gasteiger charge is 2.19. The molecule has 1 aromatic rings. The molecule has 0 saturated carbocycles. The molecule has 0 N–H and O–H groups in total. The second-order valence-electron chi connectivity index (χ2n) is 4.61. The lowest BCUT2D eigenvalue weighted by Crippen LogP contribution is -2.09. The number of hydrogen-bond donors (Lipinski definition) is 0. The third kappa shape index (κ3) is 2.94. The van der Waals surface area contributed by atoms with Gasteiger partial charge in [0.05, 0.1) is 17.4 Å². The van der Waals surface area contributed by atoms with E-state index in [1.165, 1.54) is 0 Å². The summed E-state index contributed by atoms with van der Waals surface area (Å²) in [6.45, 7) is 2.88. The molecule has 1 unspecified atom stereocenters. The zero-order chi connectivity index (χ0) is 12.3. The molecule has 0 aliphatic carbocycles. The van der Waals surface area contributed by atoms with E-state index < -0.39 is 0 Å². The maximum atomic E-state index is 12.1. The van der Waals surface area contributed by atoms with Crippen LogP contribution in [0.1, 0.15) is 48.7 Å². The molecule has 1 atom stereocenters. The van der Waals surface area contributed by atoms with Gasteiger partial charge < -0.3 is 4.74 Å². The van der Waals surface area contributed by atoms with E-state index in [1.54, 1.807) is 4.68 Å². The number of carbonyl (C=O) groups is 1. The van der Waals surface area contributed by atoms with Gasteiger partial charge in [-0.25, -0.2) is 0 Å². The van der Waals surface area contributed by atoms with Gasteiger partial charge in [0.1, 0.15) is 0 Å². The maximum Gasteiger partial charge on any atom is 0.166 e. The summed E-state index contributed by atoms with van der Waals surface area (Å²) >= 11 is 0. The summed E-state index contributed by atoms with van der Waals surface area (Å²) in [6.07, 6.45) is 6.58. The van der Waals surface area contributed by atoms with Gasteiger partial charge in [-0.05, 0) is 25.7 Å². The molecule has 2 heterocycles. The van der Waals surface area contributed by atoms with Crippen molar-refractivity contribution in [2.24, 2.45) is 7.05 Å². The van der Waals surface area contributed by atoms with E-state index in [4.69, 9.17) is 4.74 Å². The first-order chi connectivity index (χ1) is 8.20. The third-order valence-electron chi connectivity index (χ3n) is 3.26. The summed E-state index contributed by atoms with van der Waals surface area (Å²) in [6, 6.07) is 0. The average Bonchev–Trinajstić information content (AvgIpc) is 2.94. The lowest BCUT2D eigenvalue weighted by molar-refractivity contribution is 0.0858. The average molecular weight is 236 g/mol. The van der Waals surface area contributed by atoms with Crippen molar-refractivity contribution in [3.63, 3.8) is 0 Å². The fourth-order valence-corrected chi connectivity index (χ4v) is 2.33. The predicted molar refractivity (Wildman–Crippen MR) is 65.1 cm³/mol. The Morgan fingerprint density at radius 3 is 3.12 bits per heavy atom. The lowest BCUT2D eigenvalue weighted by Gasteiger charge is -2.07. The number of ether oxygens (including phenoxy) is 1. The molecule has 2 rings (SSSR count). The van der Waals surface area contributed by atoms with Crippen molar-refractivity contribution in [3.05, 3.63) is 17.5 Å². The van der Waals surface area contributed by atoms with Gasteiger partial charge in [-0.1, -0.05) is 6.92 Å². The van der Waals surface area contributed by atoms with Crippen molar-refractivity contribution < 1.29 is 9.53 Å². The zero-order valence-corrected chi connectivity index (χ0v) is 10.6. The van der Waals surface area contributed by atoms with Crippen LogP contribution in [-0.4, -0.2) is 28.3 Å². The van der Waals surface area contributed by atoms with E-state index in [1.807, 2.05) is 20.2 Å². The second kappa shape index (κ2) is 5.45. The van der Waals surface area contributed by atoms with Crippen LogP contribution < -0.4 is 0 Å². The highest BCUT2D eigenvalue weighted by atomic mass is 16.5. The zero-order valence-electron chi connectivity index (χ0n) is 10.6.